The Morgan fingerprint density at radius 1 is 1.55 bits per heavy atom. The molecule has 1 heterocycles. The Bertz CT molecular complexity index is 267. The van der Waals surface area contributed by atoms with Gasteiger partial charge in [0, 0.05) is 15.3 Å². The summed E-state index contributed by atoms with van der Waals surface area (Å²) in [7, 11) is 0. The lowest BCUT2D eigenvalue weighted by atomic mass is 10.3. The van der Waals surface area contributed by atoms with Crippen molar-refractivity contribution in [3.8, 4) is 0 Å². The van der Waals surface area contributed by atoms with Crippen molar-refractivity contribution in [1.82, 2.24) is 4.98 Å². The zero-order valence-corrected chi connectivity index (χ0v) is 8.93. The fourth-order valence-electron chi connectivity index (χ4n) is 0.555. The number of halogens is 4. The van der Waals surface area contributed by atoms with Crippen molar-refractivity contribution in [3.05, 3.63) is 26.0 Å². The Morgan fingerprint density at radius 3 is 2.64 bits per heavy atom. The average Bonchev–Trinajstić information content (AvgIpc) is 1.94. The number of nitrogens with zero attached hydrogens (tertiary/aromatic N) is 1. The monoisotopic (exact) mass is 333 g/mol. The summed E-state index contributed by atoms with van der Waals surface area (Å²) >= 11 is 5.06. The van der Waals surface area contributed by atoms with E-state index in [1.165, 1.54) is 6.07 Å². The van der Waals surface area contributed by atoms with Crippen LogP contribution in [-0.2, 0) is 0 Å². The van der Waals surface area contributed by atoms with Crippen LogP contribution in [-0.4, -0.2) is 4.98 Å². The Labute approximate surface area is 84.5 Å². The van der Waals surface area contributed by atoms with Crippen molar-refractivity contribution in [2.75, 3.05) is 0 Å². The van der Waals surface area contributed by atoms with E-state index in [4.69, 9.17) is 0 Å². The minimum absolute atomic E-state index is 0.0439. The molecule has 0 aliphatic carbocycles. The third-order valence-corrected chi connectivity index (χ3v) is 3.26. The second kappa shape index (κ2) is 3.75. The SMILES string of the molecule is FC(F)c1cnc(Br)c(I)c1. The fourth-order valence-corrected chi connectivity index (χ4v) is 1.27. The third-order valence-electron chi connectivity index (χ3n) is 1.07. The van der Waals surface area contributed by atoms with Crippen molar-refractivity contribution in [1.29, 1.82) is 0 Å². The van der Waals surface area contributed by atoms with Crippen molar-refractivity contribution in [3.63, 3.8) is 0 Å². The largest absolute Gasteiger partial charge is 0.265 e. The van der Waals surface area contributed by atoms with Crippen LogP contribution in [0.25, 0.3) is 0 Å². The first-order valence-corrected chi connectivity index (χ1v) is 4.57. The molecule has 0 bridgehead atoms. The molecule has 0 N–H and O–H groups in total. The standard InChI is InChI=1S/C6H3BrF2IN/c7-5-4(10)1-3(2-11-5)6(8)9/h1-2,6H. The molecule has 0 atom stereocenters. The molecule has 1 aromatic rings. The molecule has 0 aliphatic heterocycles. The number of aromatic nitrogens is 1. The number of hydrogen-bond acceptors (Lipinski definition) is 1. The van der Waals surface area contributed by atoms with Gasteiger partial charge >= 0.3 is 0 Å². The summed E-state index contributed by atoms with van der Waals surface area (Å²) in [5.41, 5.74) is -0.0439. The second-order valence-corrected chi connectivity index (χ2v) is 3.76. The summed E-state index contributed by atoms with van der Waals surface area (Å²) in [4.78, 5) is 3.73. The van der Waals surface area contributed by atoms with Crippen LogP contribution in [0.1, 0.15) is 12.0 Å². The predicted octanol–water partition coefficient (Wildman–Crippen LogP) is 3.39. The van der Waals surface area contributed by atoms with E-state index < -0.39 is 6.43 Å². The highest BCUT2D eigenvalue weighted by atomic mass is 127. The minimum Gasteiger partial charge on any atom is -0.248 e. The number of pyridine rings is 1. The highest BCUT2D eigenvalue weighted by molar-refractivity contribution is 14.1. The van der Waals surface area contributed by atoms with Gasteiger partial charge in [-0.3, -0.25) is 0 Å². The van der Waals surface area contributed by atoms with Crippen molar-refractivity contribution >= 4 is 38.5 Å². The Morgan fingerprint density at radius 2 is 2.18 bits per heavy atom. The van der Waals surface area contributed by atoms with Crippen LogP contribution < -0.4 is 0 Å². The fraction of sp³-hybridized carbons (Fsp3) is 0.167. The Hall–Kier alpha value is 0.220. The van der Waals surface area contributed by atoms with Gasteiger partial charge in [0.2, 0.25) is 0 Å². The van der Waals surface area contributed by atoms with Crippen LogP contribution in [0.15, 0.2) is 16.9 Å². The summed E-state index contributed by atoms with van der Waals surface area (Å²) in [6.07, 6.45) is -1.28. The lowest BCUT2D eigenvalue weighted by Gasteiger charge is -1.99. The maximum atomic E-state index is 12.0. The lowest BCUT2D eigenvalue weighted by Crippen LogP contribution is -1.88. The molecule has 0 amide bonds. The number of hydrogen-bond donors (Lipinski definition) is 0. The molecule has 0 unspecified atom stereocenters. The first kappa shape index (κ1) is 9.31. The summed E-state index contributed by atoms with van der Waals surface area (Å²) in [6.45, 7) is 0. The minimum atomic E-state index is -2.44. The van der Waals surface area contributed by atoms with Gasteiger partial charge in [-0.15, -0.1) is 0 Å². The average molecular weight is 334 g/mol. The van der Waals surface area contributed by atoms with E-state index in [0.29, 0.717) is 8.17 Å². The van der Waals surface area contributed by atoms with Gasteiger partial charge in [-0.05, 0) is 44.6 Å². The molecule has 60 valence electrons. The quantitative estimate of drug-likeness (QED) is 0.567. The normalized spacial score (nSPS) is 10.6. The molecule has 0 saturated carbocycles. The van der Waals surface area contributed by atoms with E-state index >= 15 is 0 Å². The van der Waals surface area contributed by atoms with Gasteiger partial charge in [-0.2, -0.15) is 0 Å². The molecule has 1 nitrogen and oxygen atoms in total. The first-order chi connectivity index (χ1) is 5.11. The molecule has 0 aromatic carbocycles. The molecule has 11 heavy (non-hydrogen) atoms. The van der Waals surface area contributed by atoms with Crippen molar-refractivity contribution in [2.45, 2.75) is 6.43 Å². The van der Waals surface area contributed by atoms with E-state index in [1.807, 2.05) is 22.6 Å². The maximum absolute atomic E-state index is 12.0. The Kier molecular flexibility index (Phi) is 3.17. The molecule has 0 radical (unpaired) electrons. The van der Waals surface area contributed by atoms with E-state index in [0.717, 1.165) is 6.20 Å². The lowest BCUT2D eigenvalue weighted by molar-refractivity contribution is 0.151. The smallest absolute Gasteiger partial charge is 0.248 e. The maximum Gasteiger partial charge on any atom is 0.265 e. The van der Waals surface area contributed by atoms with E-state index in [1.54, 1.807) is 0 Å². The molecule has 0 aliphatic rings. The van der Waals surface area contributed by atoms with Crippen molar-refractivity contribution < 1.29 is 8.78 Å². The number of rotatable bonds is 1. The van der Waals surface area contributed by atoms with E-state index in [2.05, 4.69) is 20.9 Å². The second-order valence-electron chi connectivity index (χ2n) is 1.84. The summed E-state index contributed by atoms with van der Waals surface area (Å²) < 4.78 is 25.3. The van der Waals surface area contributed by atoms with Crippen LogP contribution in [0.2, 0.25) is 0 Å². The summed E-state index contributed by atoms with van der Waals surface area (Å²) in [5.74, 6) is 0. The highest BCUT2D eigenvalue weighted by Gasteiger charge is 2.08. The van der Waals surface area contributed by atoms with Crippen LogP contribution in [0, 0.1) is 3.57 Å². The van der Waals surface area contributed by atoms with Crippen LogP contribution in [0.4, 0.5) is 8.78 Å². The van der Waals surface area contributed by atoms with Gasteiger partial charge in [0.1, 0.15) is 4.60 Å². The van der Waals surface area contributed by atoms with Gasteiger partial charge in [-0.25, -0.2) is 13.8 Å². The van der Waals surface area contributed by atoms with Crippen LogP contribution in [0.5, 0.6) is 0 Å². The summed E-state index contributed by atoms with van der Waals surface area (Å²) in [5, 5.41) is 0. The Balaban J connectivity index is 3.05. The molecule has 5 heteroatoms. The zero-order valence-electron chi connectivity index (χ0n) is 5.19. The van der Waals surface area contributed by atoms with Crippen molar-refractivity contribution in [2.24, 2.45) is 0 Å². The van der Waals surface area contributed by atoms with Crippen LogP contribution in [0.3, 0.4) is 0 Å². The summed E-state index contributed by atoms with van der Waals surface area (Å²) in [6, 6.07) is 1.41. The van der Waals surface area contributed by atoms with E-state index in [9.17, 15) is 8.78 Å². The van der Waals surface area contributed by atoms with Gasteiger partial charge < -0.3 is 0 Å². The first-order valence-electron chi connectivity index (χ1n) is 2.70. The van der Waals surface area contributed by atoms with Gasteiger partial charge in [0.15, 0.2) is 0 Å². The molecule has 0 fully saturated rings. The highest BCUT2D eigenvalue weighted by Crippen LogP contribution is 2.23. The topological polar surface area (TPSA) is 12.9 Å². The molecule has 0 spiro atoms. The zero-order chi connectivity index (χ0) is 8.43. The molecule has 0 saturated heterocycles. The van der Waals surface area contributed by atoms with E-state index in [-0.39, 0.29) is 5.56 Å². The third kappa shape index (κ3) is 2.33. The van der Waals surface area contributed by atoms with Gasteiger partial charge in [-0.1, -0.05) is 0 Å². The predicted molar refractivity (Wildman–Crippen MR) is 49.6 cm³/mol. The van der Waals surface area contributed by atoms with Gasteiger partial charge in [0.25, 0.3) is 6.43 Å². The molecular formula is C6H3BrF2IN. The molecular weight excluding hydrogens is 331 g/mol. The van der Waals surface area contributed by atoms with Crippen LogP contribution >= 0.6 is 38.5 Å². The molecule has 1 aromatic heterocycles. The molecule has 1 rings (SSSR count). The van der Waals surface area contributed by atoms with Gasteiger partial charge in [0.05, 0.1) is 0 Å². The number of alkyl halides is 2.